The summed E-state index contributed by atoms with van der Waals surface area (Å²) in [6, 6.07) is 0. The number of hydrogen-bond donors (Lipinski definition) is 0. The molecule has 0 aromatic carbocycles. The molecule has 2 aliphatic carbocycles. The number of hydrogen-bond acceptors (Lipinski definition) is 1. The molecule has 3 atom stereocenters. The molecule has 3 unspecified atom stereocenters. The lowest BCUT2D eigenvalue weighted by Gasteiger charge is -2.25. The lowest BCUT2D eigenvalue weighted by molar-refractivity contribution is -0.0191. The molecule has 0 heterocycles. The van der Waals surface area contributed by atoms with E-state index >= 15 is 0 Å². The van der Waals surface area contributed by atoms with Crippen LogP contribution >= 0.6 is 23.2 Å². The van der Waals surface area contributed by atoms with Crippen LogP contribution in [0.5, 0.6) is 0 Å². The number of rotatable bonds is 4. The van der Waals surface area contributed by atoms with Gasteiger partial charge >= 0.3 is 0 Å². The molecule has 0 saturated heterocycles. The van der Waals surface area contributed by atoms with Gasteiger partial charge in [0.1, 0.15) is 0 Å². The van der Waals surface area contributed by atoms with E-state index in [4.69, 9.17) is 27.9 Å². The van der Waals surface area contributed by atoms with Crippen LogP contribution in [0.2, 0.25) is 0 Å². The molecule has 13 heavy (non-hydrogen) atoms. The third kappa shape index (κ3) is 2.14. The predicted molar refractivity (Wildman–Crippen MR) is 55.5 cm³/mol. The van der Waals surface area contributed by atoms with Crippen molar-refractivity contribution in [2.75, 3.05) is 11.8 Å². The van der Waals surface area contributed by atoms with Crippen LogP contribution in [0, 0.1) is 11.8 Å². The maximum atomic E-state index is 5.88. The van der Waals surface area contributed by atoms with Gasteiger partial charge in [0.2, 0.25) is 0 Å². The fraction of sp³-hybridized carbons (Fsp3) is 1.00. The highest BCUT2D eigenvalue weighted by molar-refractivity contribution is 6.21. The van der Waals surface area contributed by atoms with Crippen LogP contribution < -0.4 is 0 Å². The van der Waals surface area contributed by atoms with Gasteiger partial charge in [-0.3, -0.25) is 0 Å². The second-order valence-electron chi connectivity index (χ2n) is 4.28. The van der Waals surface area contributed by atoms with E-state index in [-0.39, 0.29) is 6.10 Å². The van der Waals surface area contributed by atoms with Gasteiger partial charge in [0.25, 0.3) is 0 Å². The molecule has 76 valence electrons. The van der Waals surface area contributed by atoms with Crippen molar-refractivity contribution in [3.8, 4) is 0 Å². The van der Waals surface area contributed by atoms with E-state index in [2.05, 4.69) is 0 Å². The van der Waals surface area contributed by atoms with Crippen molar-refractivity contribution in [3.63, 3.8) is 0 Å². The Balaban J connectivity index is 1.82. The summed E-state index contributed by atoms with van der Waals surface area (Å²) in [5.41, 5.74) is 0. The summed E-state index contributed by atoms with van der Waals surface area (Å²) in [5.74, 6) is 2.79. The maximum Gasteiger partial charge on any atom is 0.0849 e. The summed E-state index contributed by atoms with van der Waals surface area (Å²) < 4.78 is 5.88. The molecule has 0 aliphatic heterocycles. The molecule has 0 N–H and O–H groups in total. The summed E-state index contributed by atoms with van der Waals surface area (Å²) in [6.45, 7) is 0. The van der Waals surface area contributed by atoms with E-state index in [0.717, 1.165) is 11.8 Å². The first-order chi connectivity index (χ1) is 6.33. The molecule has 0 amide bonds. The minimum Gasteiger partial charge on any atom is -0.372 e. The molecule has 2 saturated carbocycles. The van der Waals surface area contributed by atoms with E-state index in [1.54, 1.807) is 0 Å². The molecule has 0 aromatic rings. The van der Waals surface area contributed by atoms with Crippen LogP contribution in [-0.2, 0) is 4.74 Å². The molecule has 1 nitrogen and oxygen atoms in total. The van der Waals surface area contributed by atoms with Crippen LogP contribution in [0.15, 0.2) is 0 Å². The first-order valence-electron chi connectivity index (χ1n) is 5.11. The maximum absolute atomic E-state index is 5.88. The lowest BCUT2D eigenvalue weighted by atomic mass is 9.97. The van der Waals surface area contributed by atoms with Crippen molar-refractivity contribution in [2.24, 2.45) is 11.8 Å². The Labute approximate surface area is 89.7 Å². The van der Waals surface area contributed by atoms with Crippen LogP contribution in [0.25, 0.3) is 0 Å². The van der Waals surface area contributed by atoms with Crippen molar-refractivity contribution < 1.29 is 4.74 Å². The third-order valence-corrected chi connectivity index (χ3v) is 4.07. The summed E-state index contributed by atoms with van der Waals surface area (Å²) in [7, 11) is 0. The van der Waals surface area contributed by atoms with Gasteiger partial charge in [-0.05, 0) is 37.5 Å². The smallest absolute Gasteiger partial charge is 0.0849 e. The van der Waals surface area contributed by atoms with Crippen LogP contribution in [0.4, 0.5) is 0 Å². The second-order valence-corrected chi connectivity index (χ2v) is 4.90. The summed E-state index contributed by atoms with van der Waals surface area (Å²) in [5, 5.41) is 0. The SMILES string of the molecule is ClCC(CCl)OC1CC2CCC1C2. The van der Waals surface area contributed by atoms with Gasteiger partial charge < -0.3 is 4.74 Å². The van der Waals surface area contributed by atoms with Gasteiger partial charge in [-0.25, -0.2) is 0 Å². The number of halogens is 2. The van der Waals surface area contributed by atoms with Gasteiger partial charge in [-0.1, -0.05) is 0 Å². The molecule has 2 rings (SSSR count). The van der Waals surface area contributed by atoms with Crippen LogP contribution in [-0.4, -0.2) is 24.0 Å². The molecule has 0 spiro atoms. The molecule has 2 bridgehead atoms. The minimum absolute atomic E-state index is 0.0627. The molecular weight excluding hydrogens is 207 g/mol. The van der Waals surface area contributed by atoms with Gasteiger partial charge in [-0.2, -0.15) is 0 Å². The fourth-order valence-corrected chi connectivity index (χ4v) is 3.19. The molecule has 3 heteroatoms. The molecular formula is C10H16Cl2O. The monoisotopic (exact) mass is 222 g/mol. The topological polar surface area (TPSA) is 9.23 Å². The zero-order chi connectivity index (χ0) is 9.26. The van der Waals surface area contributed by atoms with Gasteiger partial charge in [-0.15, -0.1) is 23.2 Å². The van der Waals surface area contributed by atoms with Crippen molar-refractivity contribution in [3.05, 3.63) is 0 Å². The minimum atomic E-state index is 0.0627. The Hall–Kier alpha value is 0.540. The standard InChI is InChI=1S/C10H16Cl2O/c11-5-9(6-12)13-10-4-7-1-2-8(10)3-7/h7-10H,1-6H2. The summed E-state index contributed by atoms with van der Waals surface area (Å²) in [4.78, 5) is 0. The van der Waals surface area contributed by atoms with Gasteiger partial charge in [0.05, 0.1) is 12.2 Å². The van der Waals surface area contributed by atoms with Crippen LogP contribution in [0.3, 0.4) is 0 Å². The Morgan fingerprint density at radius 2 is 1.92 bits per heavy atom. The van der Waals surface area contributed by atoms with Crippen molar-refractivity contribution in [1.29, 1.82) is 0 Å². The summed E-state index contributed by atoms with van der Waals surface area (Å²) in [6.07, 6.45) is 5.91. The van der Waals surface area contributed by atoms with E-state index < -0.39 is 0 Å². The van der Waals surface area contributed by atoms with Crippen molar-refractivity contribution in [2.45, 2.75) is 37.9 Å². The van der Waals surface area contributed by atoms with Crippen molar-refractivity contribution in [1.82, 2.24) is 0 Å². The van der Waals surface area contributed by atoms with Crippen molar-refractivity contribution >= 4 is 23.2 Å². The third-order valence-electron chi connectivity index (χ3n) is 3.38. The molecule has 0 radical (unpaired) electrons. The summed E-state index contributed by atoms with van der Waals surface area (Å²) >= 11 is 11.5. The highest BCUT2D eigenvalue weighted by Gasteiger charge is 2.40. The lowest BCUT2D eigenvalue weighted by Crippen LogP contribution is -2.28. The van der Waals surface area contributed by atoms with E-state index in [1.165, 1.54) is 25.7 Å². The Bertz CT molecular complexity index is 170. The first-order valence-corrected chi connectivity index (χ1v) is 6.17. The normalized spacial score (nSPS) is 37.6. The van der Waals surface area contributed by atoms with E-state index in [0.29, 0.717) is 17.9 Å². The van der Waals surface area contributed by atoms with Crippen LogP contribution in [0.1, 0.15) is 25.7 Å². The first kappa shape index (κ1) is 10.1. The zero-order valence-electron chi connectivity index (χ0n) is 7.72. The molecule has 2 fully saturated rings. The molecule has 2 aliphatic rings. The highest BCUT2D eigenvalue weighted by Crippen LogP contribution is 2.46. The Morgan fingerprint density at radius 1 is 1.15 bits per heavy atom. The predicted octanol–water partition coefficient (Wildman–Crippen LogP) is 3.04. The largest absolute Gasteiger partial charge is 0.372 e. The average molecular weight is 223 g/mol. The van der Waals surface area contributed by atoms with Gasteiger partial charge in [0, 0.05) is 11.8 Å². The fourth-order valence-electron chi connectivity index (χ4n) is 2.71. The molecule has 0 aromatic heterocycles. The second kappa shape index (κ2) is 4.37. The average Bonchev–Trinajstić information content (AvgIpc) is 2.75. The van der Waals surface area contributed by atoms with Gasteiger partial charge in [0.15, 0.2) is 0 Å². The zero-order valence-corrected chi connectivity index (χ0v) is 9.23. The highest BCUT2D eigenvalue weighted by atomic mass is 35.5. The van der Waals surface area contributed by atoms with E-state index in [1.807, 2.05) is 0 Å². The van der Waals surface area contributed by atoms with E-state index in [9.17, 15) is 0 Å². The Kier molecular flexibility index (Phi) is 3.39. The number of ether oxygens (including phenoxy) is 1. The Morgan fingerprint density at radius 3 is 2.38 bits per heavy atom. The quantitative estimate of drug-likeness (QED) is 0.665. The number of alkyl halides is 2. The number of fused-ring (bicyclic) bond motifs is 2.